The lowest BCUT2D eigenvalue weighted by Crippen LogP contribution is -2.57. The van der Waals surface area contributed by atoms with Crippen molar-refractivity contribution in [3.05, 3.63) is 0 Å². The fourth-order valence-corrected chi connectivity index (χ4v) is 3.43. The monoisotopic (exact) mass is 269 g/mol. The molecule has 0 aromatic rings. The lowest BCUT2D eigenvalue weighted by molar-refractivity contribution is 0.0228. The summed E-state index contributed by atoms with van der Waals surface area (Å²) in [6, 6.07) is 0. The van der Waals surface area contributed by atoms with Crippen LogP contribution in [0.5, 0.6) is 0 Å². The molecule has 19 heavy (non-hydrogen) atoms. The number of hydrogen-bond donors (Lipinski definition) is 1. The molecule has 0 aromatic heterocycles. The van der Waals surface area contributed by atoms with Crippen LogP contribution in [0.3, 0.4) is 0 Å². The van der Waals surface area contributed by atoms with E-state index >= 15 is 0 Å². The molecular formula is C16H35N3. The normalized spacial score (nSPS) is 20.7. The van der Waals surface area contributed by atoms with Crippen LogP contribution in [0.15, 0.2) is 0 Å². The third-order valence-electron chi connectivity index (χ3n) is 4.60. The maximum atomic E-state index is 5.96. The molecule has 1 atom stereocenters. The van der Waals surface area contributed by atoms with E-state index in [1.165, 1.54) is 32.2 Å². The summed E-state index contributed by atoms with van der Waals surface area (Å²) >= 11 is 0. The minimum Gasteiger partial charge on any atom is -0.330 e. The highest BCUT2D eigenvalue weighted by Crippen LogP contribution is 2.37. The van der Waals surface area contributed by atoms with E-state index in [4.69, 9.17) is 5.73 Å². The van der Waals surface area contributed by atoms with Crippen molar-refractivity contribution in [2.45, 2.75) is 52.0 Å². The second-order valence-corrected chi connectivity index (χ2v) is 8.04. The Bertz CT molecular complexity index is 264. The summed E-state index contributed by atoms with van der Waals surface area (Å²) in [6.45, 7) is 10.0. The van der Waals surface area contributed by atoms with E-state index in [-0.39, 0.29) is 0 Å². The molecule has 1 aliphatic rings. The van der Waals surface area contributed by atoms with E-state index in [9.17, 15) is 0 Å². The van der Waals surface area contributed by atoms with Crippen LogP contribution in [-0.4, -0.2) is 56.1 Å². The first-order valence-corrected chi connectivity index (χ1v) is 7.74. The van der Waals surface area contributed by atoms with Gasteiger partial charge in [0.15, 0.2) is 0 Å². The van der Waals surface area contributed by atoms with Crippen LogP contribution in [0.2, 0.25) is 0 Å². The second-order valence-electron chi connectivity index (χ2n) is 8.04. The van der Waals surface area contributed by atoms with Crippen molar-refractivity contribution < 1.29 is 0 Å². The van der Waals surface area contributed by atoms with Crippen molar-refractivity contribution in [1.82, 2.24) is 9.80 Å². The lowest BCUT2D eigenvalue weighted by Gasteiger charge is -2.49. The second kappa shape index (κ2) is 6.55. The zero-order valence-corrected chi connectivity index (χ0v) is 14.0. The first kappa shape index (κ1) is 16.9. The molecule has 3 nitrogen and oxygen atoms in total. The summed E-state index contributed by atoms with van der Waals surface area (Å²) in [6.07, 6.45) is 5.28. The van der Waals surface area contributed by atoms with Crippen LogP contribution in [0.1, 0.15) is 46.5 Å². The Morgan fingerprint density at radius 1 is 1.16 bits per heavy atom. The third-order valence-corrected chi connectivity index (χ3v) is 4.60. The molecule has 1 unspecified atom stereocenters. The molecule has 3 heteroatoms. The molecule has 2 N–H and O–H groups in total. The van der Waals surface area contributed by atoms with Gasteiger partial charge in [0.2, 0.25) is 0 Å². The van der Waals surface area contributed by atoms with Gasteiger partial charge >= 0.3 is 0 Å². The number of hydrogen-bond acceptors (Lipinski definition) is 3. The van der Waals surface area contributed by atoms with Gasteiger partial charge in [0.05, 0.1) is 0 Å². The number of likely N-dealkylation sites (N-methyl/N-ethyl adjacent to an activating group) is 2. The molecule has 1 saturated carbocycles. The Morgan fingerprint density at radius 2 is 1.74 bits per heavy atom. The van der Waals surface area contributed by atoms with E-state index in [1.807, 2.05) is 0 Å². The first-order chi connectivity index (χ1) is 8.68. The van der Waals surface area contributed by atoms with Crippen molar-refractivity contribution in [2.24, 2.45) is 17.1 Å². The van der Waals surface area contributed by atoms with Gasteiger partial charge in [0, 0.05) is 18.6 Å². The SMILES string of the molecule is CN(CC(CN)CC(C)(C)C)CC1(N(C)C)CCC1. The Kier molecular flexibility index (Phi) is 5.84. The molecule has 0 amide bonds. The lowest BCUT2D eigenvalue weighted by atomic mass is 9.75. The maximum Gasteiger partial charge on any atom is 0.0330 e. The summed E-state index contributed by atoms with van der Waals surface area (Å²) in [5.74, 6) is 0.615. The predicted molar refractivity (Wildman–Crippen MR) is 84.4 cm³/mol. The highest BCUT2D eigenvalue weighted by molar-refractivity contribution is 4.98. The predicted octanol–water partition coefficient (Wildman–Crippen LogP) is 2.41. The minimum atomic E-state index is 0.376. The molecule has 0 bridgehead atoms. The van der Waals surface area contributed by atoms with Crippen LogP contribution in [-0.2, 0) is 0 Å². The van der Waals surface area contributed by atoms with Crippen LogP contribution < -0.4 is 5.73 Å². The summed E-state index contributed by atoms with van der Waals surface area (Å²) in [7, 11) is 6.71. The van der Waals surface area contributed by atoms with Gasteiger partial charge < -0.3 is 15.5 Å². The van der Waals surface area contributed by atoms with E-state index < -0.39 is 0 Å². The topological polar surface area (TPSA) is 32.5 Å². The smallest absolute Gasteiger partial charge is 0.0330 e. The maximum absolute atomic E-state index is 5.96. The van der Waals surface area contributed by atoms with Crippen LogP contribution in [0.4, 0.5) is 0 Å². The molecule has 1 rings (SSSR count). The zero-order valence-electron chi connectivity index (χ0n) is 14.0. The van der Waals surface area contributed by atoms with Gasteiger partial charge in [-0.2, -0.15) is 0 Å². The summed E-state index contributed by atoms with van der Waals surface area (Å²) in [4.78, 5) is 4.93. The van der Waals surface area contributed by atoms with Gasteiger partial charge in [0.1, 0.15) is 0 Å². The van der Waals surface area contributed by atoms with Crippen LogP contribution in [0, 0.1) is 11.3 Å². The first-order valence-electron chi connectivity index (χ1n) is 7.74. The molecular weight excluding hydrogens is 234 g/mol. The Labute approximate surface area is 120 Å². The largest absolute Gasteiger partial charge is 0.330 e. The molecule has 114 valence electrons. The average molecular weight is 269 g/mol. The van der Waals surface area contributed by atoms with Crippen molar-refractivity contribution in [3.63, 3.8) is 0 Å². The van der Waals surface area contributed by atoms with E-state index in [0.29, 0.717) is 16.9 Å². The Balaban J connectivity index is 2.47. The fraction of sp³-hybridized carbons (Fsp3) is 1.00. The highest BCUT2D eigenvalue weighted by atomic mass is 15.2. The van der Waals surface area contributed by atoms with Gasteiger partial charge in [-0.3, -0.25) is 0 Å². The van der Waals surface area contributed by atoms with Crippen LogP contribution in [0.25, 0.3) is 0 Å². The third kappa shape index (κ3) is 5.05. The Morgan fingerprint density at radius 3 is 2.05 bits per heavy atom. The molecule has 0 radical (unpaired) electrons. The summed E-state index contributed by atoms with van der Waals surface area (Å²) in [5, 5.41) is 0. The molecule has 0 aromatic carbocycles. The van der Waals surface area contributed by atoms with Gasteiger partial charge in [-0.05, 0) is 64.7 Å². The van der Waals surface area contributed by atoms with Crippen molar-refractivity contribution in [2.75, 3.05) is 40.8 Å². The van der Waals surface area contributed by atoms with Crippen LogP contribution >= 0.6 is 0 Å². The molecule has 1 fully saturated rings. The van der Waals surface area contributed by atoms with Crippen molar-refractivity contribution in [3.8, 4) is 0 Å². The standard InChI is InChI=1S/C16H35N3/c1-15(2,3)10-14(11-17)12-19(6)13-16(18(4)5)8-7-9-16/h14H,7-13,17H2,1-6H3. The quantitative estimate of drug-likeness (QED) is 0.770. The molecule has 0 spiro atoms. The van der Waals surface area contributed by atoms with Gasteiger partial charge in [-0.15, -0.1) is 0 Å². The fourth-order valence-electron chi connectivity index (χ4n) is 3.43. The van der Waals surface area contributed by atoms with E-state index in [2.05, 4.69) is 51.7 Å². The van der Waals surface area contributed by atoms with E-state index in [0.717, 1.165) is 13.1 Å². The number of nitrogens with two attached hydrogens (primary N) is 1. The summed E-state index contributed by atoms with van der Waals surface area (Å²) < 4.78 is 0. The number of rotatable bonds is 7. The molecule has 0 aliphatic heterocycles. The van der Waals surface area contributed by atoms with Crippen molar-refractivity contribution >= 4 is 0 Å². The molecule has 0 saturated heterocycles. The van der Waals surface area contributed by atoms with Gasteiger partial charge in [-0.25, -0.2) is 0 Å². The number of nitrogens with zero attached hydrogens (tertiary/aromatic N) is 2. The molecule has 0 heterocycles. The summed E-state index contributed by atoms with van der Waals surface area (Å²) in [5.41, 5.74) is 6.76. The van der Waals surface area contributed by atoms with Gasteiger partial charge in [0.25, 0.3) is 0 Å². The Hall–Kier alpha value is -0.120. The minimum absolute atomic E-state index is 0.376. The average Bonchev–Trinajstić information content (AvgIpc) is 2.19. The van der Waals surface area contributed by atoms with Gasteiger partial charge in [-0.1, -0.05) is 20.8 Å². The molecule has 1 aliphatic carbocycles. The zero-order chi connectivity index (χ0) is 14.7. The van der Waals surface area contributed by atoms with Crippen molar-refractivity contribution in [1.29, 1.82) is 0 Å². The van der Waals surface area contributed by atoms with E-state index in [1.54, 1.807) is 0 Å². The highest BCUT2D eigenvalue weighted by Gasteiger charge is 2.39.